The molecule has 0 saturated heterocycles. The summed E-state index contributed by atoms with van der Waals surface area (Å²) < 4.78 is 10.4. The monoisotopic (exact) mass is 243 g/mol. The van der Waals surface area contributed by atoms with E-state index < -0.39 is 0 Å². The van der Waals surface area contributed by atoms with Crippen molar-refractivity contribution in [2.45, 2.75) is 45.6 Å². The second-order valence-electron chi connectivity index (χ2n) is 4.74. The fraction of sp³-hybridized carbons (Fsp3) is 0.923. The number of esters is 1. The van der Waals surface area contributed by atoms with Crippen LogP contribution in [-0.4, -0.2) is 38.4 Å². The van der Waals surface area contributed by atoms with E-state index in [-0.39, 0.29) is 12.0 Å². The summed E-state index contributed by atoms with van der Waals surface area (Å²) in [6, 6.07) is 0.178. The largest absolute Gasteiger partial charge is 0.466 e. The molecular weight excluding hydrogens is 218 g/mol. The topological polar surface area (TPSA) is 47.6 Å². The van der Waals surface area contributed by atoms with Gasteiger partial charge in [-0.2, -0.15) is 0 Å². The molecule has 1 saturated carbocycles. The van der Waals surface area contributed by atoms with Crippen LogP contribution in [0.2, 0.25) is 0 Å². The predicted octanol–water partition coefficient (Wildman–Crippen LogP) is 1.73. The predicted molar refractivity (Wildman–Crippen MR) is 66.9 cm³/mol. The summed E-state index contributed by atoms with van der Waals surface area (Å²) >= 11 is 0. The summed E-state index contributed by atoms with van der Waals surface area (Å²) in [5.74, 6) is 0.711. The minimum Gasteiger partial charge on any atom is -0.466 e. The number of carbonyl (C=O) groups is 1. The molecule has 4 nitrogen and oxygen atoms in total. The number of nitrogens with one attached hydrogen (secondary N) is 1. The number of ether oxygens (including phenoxy) is 2. The van der Waals surface area contributed by atoms with Gasteiger partial charge in [0.1, 0.15) is 0 Å². The van der Waals surface area contributed by atoms with Crippen molar-refractivity contribution in [2.75, 3.05) is 26.4 Å². The lowest BCUT2D eigenvalue weighted by Gasteiger charge is -2.12. The summed E-state index contributed by atoms with van der Waals surface area (Å²) in [5.41, 5.74) is 0. The van der Waals surface area contributed by atoms with Crippen LogP contribution < -0.4 is 5.32 Å². The fourth-order valence-electron chi connectivity index (χ4n) is 1.60. The zero-order chi connectivity index (χ0) is 12.5. The van der Waals surface area contributed by atoms with Crippen LogP contribution in [0.5, 0.6) is 0 Å². The van der Waals surface area contributed by atoms with E-state index in [4.69, 9.17) is 9.47 Å². The number of hydrogen-bond donors (Lipinski definition) is 1. The first kappa shape index (κ1) is 14.5. The summed E-state index contributed by atoms with van der Waals surface area (Å²) in [4.78, 5) is 11.2. The molecule has 100 valence electrons. The van der Waals surface area contributed by atoms with Crippen molar-refractivity contribution in [2.24, 2.45) is 5.92 Å². The second kappa shape index (κ2) is 8.48. The third kappa shape index (κ3) is 8.16. The standard InChI is InChI=1S/C13H25NO3/c1-3-17-13(15)9-11(2)14-7-4-8-16-10-12-5-6-12/h11-12,14H,3-10H2,1-2H3. The van der Waals surface area contributed by atoms with Gasteiger partial charge in [-0.15, -0.1) is 0 Å². The summed E-state index contributed by atoms with van der Waals surface area (Å²) in [7, 11) is 0. The SMILES string of the molecule is CCOC(=O)CC(C)NCCCOCC1CC1. The minimum absolute atomic E-state index is 0.127. The van der Waals surface area contributed by atoms with Crippen molar-refractivity contribution < 1.29 is 14.3 Å². The van der Waals surface area contributed by atoms with E-state index in [1.54, 1.807) is 0 Å². The highest BCUT2D eigenvalue weighted by molar-refractivity contribution is 5.69. The molecule has 17 heavy (non-hydrogen) atoms. The Kier molecular flexibility index (Phi) is 7.21. The van der Waals surface area contributed by atoms with Gasteiger partial charge in [-0.1, -0.05) is 0 Å². The third-order valence-corrected chi connectivity index (χ3v) is 2.79. The molecule has 0 heterocycles. The Morgan fingerprint density at radius 2 is 2.24 bits per heavy atom. The van der Waals surface area contributed by atoms with Gasteiger partial charge in [0.05, 0.1) is 13.0 Å². The summed E-state index contributed by atoms with van der Waals surface area (Å²) in [6.45, 7) is 6.93. The molecule has 1 aliphatic rings. The van der Waals surface area contributed by atoms with Crippen molar-refractivity contribution >= 4 is 5.97 Å². The van der Waals surface area contributed by atoms with E-state index in [2.05, 4.69) is 5.32 Å². The van der Waals surface area contributed by atoms with Crippen molar-refractivity contribution in [3.63, 3.8) is 0 Å². The molecule has 1 unspecified atom stereocenters. The molecule has 1 atom stereocenters. The number of carbonyl (C=O) groups excluding carboxylic acids is 1. The first-order valence-electron chi connectivity index (χ1n) is 6.69. The van der Waals surface area contributed by atoms with Crippen molar-refractivity contribution in [1.29, 1.82) is 0 Å². The quantitative estimate of drug-likeness (QED) is 0.469. The molecule has 0 aromatic heterocycles. The van der Waals surface area contributed by atoms with Crippen LogP contribution in [0.1, 0.15) is 39.5 Å². The molecule has 1 N–H and O–H groups in total. The Hall–Kier alpha value is -0.610. The summed E-state index contributed by atoms with van der Waals surface area (Å²) in [5, 5.41) is 3.29. The average molecular weight is 243 g/mol. The molecule has 1 fully saturated rings. The highest BCUT2D eigenvalue weighted by Crippen LogP contribution is 2.28. The zero-order valence-electron chi connectivity index (χ0n) is 11.0. The molecule has 0 aromatic carbocycles. The molecule has 0 aliphatic heterocycles. The Morgan fingerprint density at radius 1 is 1.47 bits per heavy atom. The van der Waals surface area contributed by atoms with Gasteiger partial charge in [0, 0.05) is 19.3 Å². The molecule has 0 spiro atoms. The van der Waals surface area contributed by atoms with Crippen LogP contribution in [0, 0.1) is 5.92 Å². The minimum atomic E-state index is -0.127. The van der Waals surface area contributed by atoms with E-state index in [0.29, 0.717) is 13.0 Å². The van der Waals surface area contributed by atoms with Crippen molar-refractivity contribution in [3.05, 3.63) is 0 Å². The van der Waals surface area contributed by atoms with Gasteiger partial charge >= 0.3 is 5.97 Å². The molecule has 4 heteroatoms. The lowest BCUT2D eigenvalue weighted by Crippen LogP contribution is -2.30. The molecule has 1 rings (SSSR count). The fourth-order valence-corrected chi connectivity index (χ4v) is 1.60. The zero-order valence-corrected chi connectivity index (χ0v) is 11.0. The first-order valence-corrected chi connectivity index (χ1v) is 6.69. The maximum absolute atomic E-state index is 11.2. The van der Waals surface area contributed by atoms with Crippen LogP contribution >= 0.6 is 0 Å². The first-order chi connectivity index (χ1) is 8.22. The van der Waals surface area contributed by atoms with Gasteiger partial charge in [-0.25, -0.2) is 0 Å². The van der Waals surface area contributed by atoms with Gasteiger partial charge in [-0.3, -0.25) is 4.79 Å². The van der Waals surface area contributed by atoms with Gasteiger partial charge in [0.25, 0.3) is 0 Å². The molecule has 0 bridgehead atoms. The third-order valence-electron chi connectivity index (χ3n) is 2.79. The van der Waals surface area contributed by atoms with Crippen LogP contribution in [0.25, 0.3) is 0 Å². The number of rotatable bonds is 10. The van der Waals surface area contributed by atoms with Crippen LogP contribution in [-0.2, 0) is 14.3 Å². The van der Waals surface area contributed by atoms with E-state index in [1.807, 2.05) is 13.8 Å². The Morgan fingerprint density at radius 3 is 2.88 bits per heavy atom. The van der Waals surface area contributed by atoms with Gasteiger partial charge < -0.3 is 14.8 Å². The maximum Gasteiger partial charge on any atom is 0.307 e. The van der Waals surface area contributed by atoms with Crippen molar-refractivity contribution in [3.8, 4) is 0 Å². The lowest BCUT2D eigenvalue weighted by molar-refractivity contribution is -0.143. The van der Waals surface area contributed by atoms with Gasteiger partial charge in [-0.05, 0) is 45.6 Å². The smallest absolute Gasteiger partial charge is 0.307 e. The van der Waals surface area contributed by atoms with Crippen LogP contribution in [0.3, 0.4) is 0 Å². The maximum atomic E-state index is 11.2. The van der Waals surface area contributed by atoms with E-state index in [9.17, 15) is 4.79 Å². The van der Waals surface area contributed by atoms with E-state index in [1.165, 1.54) is 12.8 Å². The van der Waals surface area contributed by atoms with E-state index >= 15 is 0 Å². The highest BCUT2D eigenvalue weighted by Gasteiger charge is 2.20. The molecular formula is C13H25NO3. The second-order valence-corrected chi connectivity index (χ2v) is 4.74. The van der Waals surface area contributed by atoms with Gasteiger partial charge in [0.15, 0.2) is 0 Å². The molecule has 1 aliphatic carbocycles. The lowest BCUT2D eigenvalue weighted by atomic mass is 10.2. The molecule has 0 aromatic rings. The Labute approximate surface area is 104 Å². The number of hydrogen-bond acceptors (Lipinski definition) is 4. The van der Waals surface area contributed by atoms with Crippen molar-refractivity contribution in [1.82, 2.24) is 5.32 Å². The average Bonchev–Trinajstić information content (AvgIpc) is 3.07. The molecule has 0 radical (unpaired) electrons. The van der Waals surface area contributed by atoms with Gasteiger partial charge in [0.2, 0.25) is 0 Å². The molecule has 0 amide bonds. The normalized spacial score (nSPS) is 16.8. The van der Waals surface area contributed by atoms with Crippen LogP contribution in [0.15, 0.2) is 0 Å². The Balaban J connectivity index is 1.84. The van der Waals surface area contributed by atoms with Crippen LogP contribution in [0.4, 0.5) is 0 Å². The summed E-state index contributed by atoms with van der Waals surface area (Å²) in [6.07, 6.45) is 4.13. The Bertz CT molecular complexity index is 217. The highest BCUT2D eigenvalue weighted by atomic mass is 16.5. The van der Waals surface area contributed by atoms with E-state index in [0.717, 1.165) is 32.1 Å².